The molecule has 0 saturated heterocycles. The lowest BCUT2D eigenvalue weighted by atomic mass is 10.0. The van der Waals surface area contributed by atoms with Crippen molar-refractivity contribution in [3.63, 3.8) is 0 Å². The fourth-order valence-electron chi connectivity index (χ4n) is 2.17. The predicted octanol–water partition coefficient (Wildman–Crippen LogP) is 2.98. The van der Waals surface area contributed by atoms with Gasteiger partial charge in [0.25, 0.3) is 0 Å². The highest BCUT2D eigenvalue weighted by molar-refractivity contribution is 7.10. The predicted molar refractivity (Wildman–Crippen MR) is 84.6 cm³/mol. The summed E-state index contributed by atoms with van der Waals surface area (Å²) in [5, 5.41) is 2.56. The van der Waals surface area contributed by atoms with Gasteiger partial charge in [-0.3, -0.25) is 5.84 Å². The molecule has 0 spiro atoms. The first-order chi connectivity index (χ1) is 10.2. The zero-order valence-electron chi connectivity index (χ0n) is 12.0. The number of methoxy groups -OCH3 is 3. The summed E-state index contributed by atoms with van der Waals surface area (Å²) in [4.78, 5) is 0.907. The van der Waals surface area contributed by atoms with Crippen molar-refractivity contribution < 1.29 is 14.2 Å². The van der Waals surface area contributed by atoms with Crippen molar-refractivity contribution in [1.82, 2.24) is 5.43 Å². The molecule has 1 atom stereocenters. The first-order valence-electron chi connectivity index (χ1n) is 6.15. The zero-order chi connectivity index (χ0) is 15.4. The zero-order valence-corrected chi connectivity index (χ0v) is 13.5. The van der Waals surface area contributed by atoms with Gasteiger partial charge in [0.1, 0.15) is 0 Å². The van der Waals surface area contributed by atoms with Crippen molar-refractivity contribution in [3.8, 4) is 17.2 Å². The van der Waals surface area contributed by atoms with Gasteiger partial charge in [0, 0.05) is 10.4 Å². The van der Waals surface area contributed by atoms with Crippen molar-refractivity contribution in [2.75, 3.05) is 21.3 Å². The van der Waals surface area contributed by atoms with Crippen LogP contribution in [0.25, 0.3) is 0 Å². The van der Waals surface area contributed by atoms with Crippen LogP contribution >= 0.6 is 22.9 Å². The van der Waals surface area contributed by atoms with Gasteiger partial charge in [0.2, 0.25) is 5.75 Å². The molecular weight excluding hydrogens is 312 g/mol. The SMILES string of the molecule is COc1ccc(C(NN)c2sccc2Cl)c(OC)c1OC. The summed E-state index contributed by atoms with van der Waals surface area (Å²) in [6, 6.07) is 5.22. The quantitative estimate of drug-likeness (QED) is 0.630. The maximum absolute atomic E-state index is 6.21. The molecule has 21 heavy (non-hydrogen) atoms. The van der Waals surface area contributed by atoms with Crippen LogP contribution in [0.3, 0.4) is 0 Å². The third-order valence-electron chi connectivity index (χ3n) is 3.12. The number of rotatable bonds is 6. The highest BCUT2D eigenvalue weighted by Gasteiger charge is 2.25. The van der Waals surface area contributed by atoms with E-state index in [4.69, 9.17) is 31.7 Å². The number of hydrogen-bond donors (Lipinski definition) is 2. The molecule has 3 N–H and O–H groups in total. The van der Waals surface area contributed by atoms with Gasteiger partial charge in [-0.2, -0.15) is 0 Å². The lowest BCUT2D eigenvalue weighted by Gasteiger charge is -2.21. The Kier molecular flexibility index (Phi) is 5.30. The van der Waals surface area contributed by atoms with Crippen LogP contribution in [0.1, 0.15) is 16.5 Å². The molecule has 0 amide bonds. The van der Waals surface area contributed by atoms with Crippen molar-refractivity contribution in [3.05, 3.63) is 39.0 Å². The van der Waals surface area contributed by atoms with Gasteiger partial charge in [-0.25, -0.2) is 5.43 Å². The van der Waals surface area contributed by atoms with Crippen LogP contribution < -0.4 is 25.5 Å². The maximum Gasteiger partial charge on any atom is 0.203 e. The van der Waals surface area contributed by atoms with Gasteiger partial charge in [-0.15, -0.1) is 11.3 Å². The summed E-state index contributed by atoms with van der Waals surface area (Å²) in [5.74, 6) is 7.39. The number of benzene rings is 1. The lowest BCUT2D eigenvalue weighted by Crippen LogP contribution is -2.28. The highest BCUT2D eigenvalue weighted by atomic mass is 35.5. The van der Waals surface area contributed by atoms with E-state index in [1.54, 1.807) is 21.3 Å². The number of ether oxygens (including phenoxy) is 3. The molecule has 1 aromatic heterocycles. The number of hydrazine groups is 1. The summed E-state index contributed by atoms with van der Waals surface area (Å²) < 4.78 is 16.2. The van der Waals surface area contributed by atoms with E-state index in [0.717, 1.165) is 10.4 Å². The summed E-state index contributed by atoms with van der Waals surface area (Å²) in [7, 11) is 4.71. The molecule has 0 fully saturated rings. The second kappa shape index (κ2) is 7.00. The van der Waals surface area contributed by atoms with Crippen LogP contribution in [0.4, 0.5) is 0 Å². The fraction of sp³-hybridized carbons (Fsp3) is 0.286. The van der Waals surface area contributed by atoms with Crippen molar-refractivity contribution in [1.29, 1.82) is 0 Å². The Balaban J connectivity index is 2.59. The third-order valence-corrected chi connectivity index (χ3v) is 4.54. The van der Waals surface area contributed by atoms with E-state index >= 15 is 0 Å². The van der Waals surface area contributed by atoms with E-state index in [0.29, 0.717) is 22.3 Å². The molecule has 0 aliphatic heterocycles. The molecule has 7 heteroatoms. The molecule has 1 heterocycles. The molecule has 0 saturated carbocycles. The minimum absolute atomic E-state index is 0.299. The number of nitrogens with one attached hydrogen (secondary N) is 1. The van der Waals surface area contributed by atoms with Crippen molar-refractivity contribution >= 4 is 22.9 Å². The van der Waals surface area contributed by atoms with Crippen LogP contribution in [0.2, 0.25) is 5.02 Å². The molecule has 1 aromatic carbocycles. The van der Waals surface area contributed by atoms with Crippen LogP contribution in [0.15, 0.2) is 23.6 Å². The lowest BCUT2D eigenvalue weighted by molar-refractivity contribution is 0.320. The molecule has 5 nitrogen and oxygen atoms in total. The Morgan fingerprint density at radius 1 is 1.10 bits per heavy atom. The van der Waals surface area contributed by atoms with Gasteiger partial charge in [0.15, 0.2) is 11.5 Å². The smallest absolute Gasteiger partial charge is 0.203 e. The highest BCUT2D eigenvalue weighted by Crippen LogP contribution is 2.44. The normalized spacial score (nSPS) is 12.0. The topological polar surface area (TPSA) is 65.7 Å². The Morgan fingerprint density at radius 2 is 1.81 bits per heavy atom. The number of thiophene rings is 1. The second-order valence-electron chi connectivity index (χ2n) is 4.16. The molecular formula is C14H17ClN2O3S. The van der Waals surface area contributed by atoms with Gasteiger partial charge >= 0.3 is 0 Å². The number of hydrogen-bond acceptors (Lipinski definition) is 6. The maximum atomic E-state index is 6.21. The van der Waals surface area contributed by atoms with Gasteiger partial charge in [-0.1, -0.05) is 11.6 Å². The first kappa shape index (κ1) is 15.9. The minimum Gasteiger partial charge on any atom is -0.493 e. The average Bonchev–Trinajstić information content (AvgIpc) is 2.93. The van der Waals surface area contributed by atoms with E-state index in [1.165, 1.54) is 11.3 Å². The molecule has 2 rings (SSSR count). The van der Waals surface area contributed by atoms with Gasteiger partial charge in [-0.05, 0) is 23.6 Å². The molecule has 0 aliphatic carbocycles. The average molecular weight is 329 g/mol. The minimum atomic E-state index is -0.299. The van der Waals surface area contributed by atoms with Crippen LogP contribution in [-0.2, 0) is 0 Å². The molecule has 0 bridgehead atoms. The van der Waals surface area contributed by atoms with Crippen molar-refractivity contribution in [2.24, 2.45) is 5.84 Å². The second-order valence-corrected chi connectivity index (χ2v) is 5.51. The van der Waals surface area contributed by atoms with Crippen LogP contribution in [-0.4, -0.2) is 21.3 Å². The standard InChI is InChI=1S/C14H17ClN2O3S/c1-18-10-5-4-8(12(19-2)13(10)20-3)11(17-16)14-9(15)6-7-21-14/h4-7,11,17H,16H2,1-3H3. The summed E-state index contributed by atoms with van der Waals surface area (Å²) >= 11 is 7.73. The third kappa shape index (κ3) is 2.94. The summed E-state index contributed by atoms with van der Waals surface area (Å²) in [5.41, 5.74) is 3.60. The first-order valence-corrected chi connectivity index (χ1v) is 7.41. The largest absolute Gasteiger partial charge is 0.493 e. The van der Waals surface area contributed by atoms with Gasteiger partial charge < -0.3 is 14.2 Å². The Bertz CT molecular complexity index is 618. The Morgan fingerprint density at radius 3 is 2.29 bits per heavy atom. The fourth-order valence-corrected chi connectivity index (χ4v) is 3.41. The Hall–Kier alpha value is -1.47. The van der Waals surface area contributed by atoms with E-state index in [2.05, 4.69) is 5.43 Å². The molecule has 2 aromatic rings. The van der Waals surface area contributed by atoms with Crippen LogP contribution in [0.5, 0.6) is 17.2 Å². The van der Waals surface area contributed by atoms with E-state index in [9.17, 15) is 0 Å². The molecule has 114 valence electrons. The van der Waals surface area contributed by atoms with E-state index in [-0.39, 0.29) is 6.04 Å². The van der Waals surface area contributed by atoms with Crippen molar-refractivity contribution in [2.45, 2.75) is 6.04 Å². The molecule has 0 aliphatic rings. The summed E-state index contributed by atoms with van der Waals surface area (Å²) in [6.07, 6.45) is 0. The Labute approximate surface area is 132 Å². The molecule has 0 radical (unpaired) electrons. The van der Waals surface area contributed by atoms with E-state index in [1.807, 2.05) is 23.6 Å². The molecule has 1 unspecified atom stereocenters. The van der Waals surface area contributed by atoms with Crippen LogP contribution in [0, 0.1) is 0 Å². The van der Waals surface area contributed by atoms with E-state index < -0.39 is 0 Å². The van der Waals surface area contributed by atoms with Gasteiger partial charge in [0.05, 0.1) is 32.4 Å². The summed E-state index contributed by atoms with van der Waals surface area (Å²) in [6.45, 7) is 0. The number of nitrogens with two attached hydrogens (primary N) is 1. The monoisotopic (exact) mass is 328 g/mol. The number of halogens is 1.